The molecule has 5 fully saturated rings. The number of nitrogens with one attached hydrogen (secondary N) is 1. The van der Waals surface area contributed by atoms with Gasteiger partial charge in [-0.15, -0.1) is 0 Å². The summed E-state index contributed by atoms with van der Waals surface area (Å²) in [5.74, 6) is 4.62. The molecule has 4 bridgehead atoms. The number of anilines is 2. The third-order valence-corrected chi connectivity index (χ3v) is 7.56. The Labute approximate surface area is 168 Å². The lowest BCUT2D eigenvalue weighted by atomic mass is 9.49. The fourth-order valence-corrected chi connectivity index (χ4v) is 6.80. The average molecular weight is 384 g/mol. The van der Waals surface area contributed by atoms with Gasteiger partial charge in [-0.1, -0.05) is 0 Å². The molecule has 2 heterocycles. The summed E-state index contributed by atoms with van der Waals surface area (Å²) in [6, 6.07) is 2.05. The Balaban J connectivity index is 1.26. The van der Waals surface area contributed by atoms with E-state index in [0.717, 1.165) is 81.3 Å². The van der Waals surface area contributed by atoms with Gasteiger partial charge in [0.05, 0.1) is 5.41 Å². The number of carbonyl (C=O) groups is 1. The number of aryl methyl sites for hydroxylation is 1. The highest BCUT2D eigenvalue weighted by Gasteiger charge is 2.55. The maximum absolute atomic E-state index is 13.6. The van der Waals surface area contributed by atoms with E-state index < -0.39 is 0 Å². The van der Waals surface area contributed by atoms with Crippen LogP contribution in [0.25, 0.3) is 0 Å². The Morgan fingerprint density at radius 1 is 1.07 bits per heavy atom. The molecular formula is C22H33N5O. The molecule has 4 aliphatic carbocycles. The Kier molecular flexibility index (Phi) is 4.48. The van der Waals surface area contributed by atoms with Gasteiger partial charge in [-0.2, -0.15) is 4.98 Å². The standard InChI is InChI=1S/C22H33N5O/c1-3-23-21-24-15(2)8-19(25-21)26-4-6-27(7-5-26)20(28)22-12-16-9-17(13-22)11-18(10-16)14-22/h8,16-18H,3-7,9-14H2,1-2H3,(H,23,24,25). The van der Waals surface area contributed by atoms with Gasteiger partial charge in [-0.25, -0.2) is 4.98 Å². The average Bonchev–Trinajstić information content (AvgIpc) is 2.66. The van der Waals surface area contributed by atoms with E-state index in [1.165, 1.54) is 19.3 Å². The molecule has 0 atom stereocenters. The maximum Gasteiger partial charge on any atom is 0.228 e. The molecule has 1 aromatic heterocycles. The molecule has 1 aliphatic heterocycles. The SMILES string of the molecule is CCNc1nc(C)cc(N2CCN(C(=O)C34CC5CC(CC(C5)C3)C4)CC2)n1. The van der Waals surface area contributed by atoms with Crippen molar-refractivity contribution in [3.05, 3.63) is 11.8 Å². The minimum Gasteiger partial charge on any atom is -0.354 e. The van der Waals surface area contributed by atoms with E-state index in [4.69, 9.17) is 0 Å². The van der Waals surface area contributed by atoms with Gasteiger partial charge in [0.2, 0.25) is 11.9 Å². The topological polar surface area (TPSA) is 61.4 Å². The summed E-state index contributed by atoms with van der Waals surface area (Å²) in [7, 11) is 0. The second kappa shape index (κ2) is 6.89. The molecule has 1 aromatic rings. The molecule has 0 spiro atoms. The van der Waals surface area contributed by atoms with Crippen LogP contribution in [0.5, 0.6) is 0 Å². The quantitative estimate of drug-likeness (QED) is 0.866. The van der Waals surface area contributed by atoms with E-state index >= 15 is 0 Å². The van der Waals surface area contributed by atoms with E-state index in [1.807, 2.05) is 6.92 Å². The highest BCUT2D eigenvalue weighted by Crippen LogP contribution is 2.60. The molecule has 6 nitrogen and oxygen atoms in total. The third-order valence-electron chi connectivity index (χ3n) is 7.56. The summed E-state index contributed by atoms with van der Waals surface area (Å²) in [4.78, 5) is 27.2. The highest BCUT2D eigenvalue weighted by atomic mass is 16.2. The lowest BCUT2D eigenvalue weighted by Crippen LogP contribution is -2.58. The van der Waals surface area contributed by atoms with Crippen molar-refractivity contribution < 1.29 is 4.79 Å². The van der Waals surface area contributed by atoms with Crippen molar-refractivity contribution in [1.29, 1.82) is 0 Å². The first-order valence-corrected chi connectivity index (χ1v) is 11.2. The zero-order valence-electron chi connectivity index (χ0n) is 17.3. The minimum atomic E-state index is -0.0133. The smallest absolute Gasteiger partial charge is 0.228 e. The van der Waals surface area contributed by atoms with Gasteiger partial charge in [0, 0.05) is 44.5 Å². The summed E-state index contributed by atoms with van der Waals surface area (Å²) in [6.45, 7) is 8.25. The van der Waals surface area contributed by atoms with E-state index in [-0.39, 0.29) is 5.41 Å². The van der Waals surface area contributed by atoms with Crippen LogP contribution >= 0.6 is 0 Å². The first-order chi connectivity index (χ1) is 13.5. The van der Waals surface area contributed by atoms with Crippen molar-refractivity contribution in [2.45, 2.75) is 52.4 Å². The molecule has 152 valence electrons. The van der Waals surface area contributed by atoms with Gasteiger partial charge in [0.25, 0.3) is 0 Å². The van der Waals surface area contributed by atoms with Crippen LogP contribution in [-0.2, 0) is 4.79 Å². The van der Waals surface area contributed by atoms with E-state index in [1.54, 1.807) is 0 Å². The van der Waals surface area contributed by atoms with Crippen LogP contribution in [0.15, 0.2) is 6.07 Å². The van der Waals surface area contributed by atoms with Crippen LogP contribution in [0.4, 0.5) is 11.8 Å². The number of amides is 1. The van der Waals surface area contributed by atoms with E-state index in [9.17, 15) is 4.79 Å². The minimum absolute atomic E-state index is 0.0133. The second-order valence-corrected chi connectivity index (χ2v) is 9.70. The Hall–Kier alpha value is -1.85. The van der Waals surface area contributed by atoms with Gasteiger partial charge >= 0.3 is 0 Å². The molecule has 5 aliphatic rings. The Morgan fingerprint density at radius 2 is 1.68 bits per heavy atom. The van der Waals surface area contributed by atoms with Crippen molar-refractivity contribution in [3.8, 4) is 0 Å². The van der Waals surface area contributed by atoms with Gasteiger partial charge in [0.1, 0.15) is 5.82 Å². The molecular weight excluding hydrogens is 350 g/mol. The van der Waals surface area contributed by atoms with Gasteiger partial charge in [0.15, 0.2) is 0 Å². The number of piperazine rings is 1. The van der Waals surface area contributed by atoms with Gasteiger partial charge < -0.3 is 15.1 Å². The first-order valence-electron chi connectivity index (χ1n) is 11.2. The number of hydrogen-bond acceptors (Lipinski definition) is 5. The number of hydrogen-bond donors (Lipinski definition) is 1. The zero-order valence-corrected chi connectivity index (χ0v) is 17.3. The molecule has 1 N–H and O–H groups in total. The zero-order chi connectivity index (χ0) is 19.3. The van der Waals surface area contributed by atoms with Crippen LogP contribution in [0.3, 0.4) is 0 Å². The fourth-order valence-electron chi connectivity index (χ4n) is 6.80. The van der Waals surface area contributed by atoms with Crippen molar-refractivity contribution in [3.63, 3.8) is 0 Å². The molecule has 0 unspecified atom stereocenters. The van der Waals surface area contributed by atoms with Crippen LogP contribution in [0.1, 0.15) is 51.1 Å². The van der Waals surface area contributed by atoms with Crippen molar-refractivity contribution >= 4 is 17.7 Å². The molecule has 4 saturated carbocycles. The van der Waals surface area contributed by atoms with Crippen molar-refractivity contribution in [2.75, 3.05) is 42.9 Å². The third kappa shape index (κ3) is 3.15. The van der Waals surface area contributed by atoms with E-state index in [2.05, 4.69) is 38.1 Å². The number of carbonyl (C=O) groups excluding carboxylic acids is 1. The number of aromatic nitrogens is 2. The first kappa shape index (κ1) is 18.2. The van der Waals surface area contributed by atoms with Crippen LogP contribution in [-0.4, -0.2) is 53.5 Å². The van der Waals surface area contributed by atoms with Crippen LogP contribution in [0, 0.1) is 30.1 Å². The lowest BCUT2D eigenvalue weighted by Gasteiger charge is -2.57. The highest BCUT2D eigenvalue weighted by molar-refractivity contribution is 5.83. The summed E-state index contributed by atoms with van der Waals surface area (Å²) >= 11 is 0. The molecule has 6 heteroatoms. The monoisotopic (exact) mass is 383 g/mol. The van der Waals surface area contributed by atoms with Gasteiger partial charge in [-0.3, -0.25) is 4.79 Å². The molecule has 1 saturated heterocycles. The predicted molar refractivity (Wildman–Crippen MR) is 110 cm³/mol. The van der Waals surface area contributed by atoms with Crippen LogP contribution in [0.2, 0.25) is 0 Å². The second-order valence-electron chi connectivity index (χ2n) is 9.70. The lowest BCUT2D eigenvalue weighted by molar-refractivity contribution is -0.158. The fraction of sp³-hybridized carbons (Fsp3) is 0.773. The number of nitrogens with zero attached hydrogens (tertiary/aromatic N) is 4. The van der Waals surface area contributed by atoms with Crippen molar-refractivity contribution in [1.82, 2.24) is 14.9 Å². The van der Waals surface area contributed by atoms with Gasteiger partial charge in [-0.05, 0) is 70.1 Å². The Morgan fingerprint density at radius 3 is 2.25 bits per heavy atom. The molecule has 1 amide bonds. The number of rotatable bonds is 4. The summed E-state index contributed by atoms with van der Waals surface area (Å²) in [6.07, 6.45) is 7.66. The van der Waals surface area contributed by atoms with E-state index in [0.29, 0.717) is 11.9 Å². The Bertz CT molecular complexity index is 720. The summed E-state index contributed by atoms with van der Waals surface area (Å²) in [5.41, 5.74) is 0.966. The largest absolute Gasteiger partial charge is 0.354 e. The normalized spacial score (nSPS) is 34.0. The summed E-state index contributed by atoms with van der Waals surface area (Å²) in [5, 5.41) is 3.22. The molecule has 0 aromatic carbocycles. The predicted octanol–water partition coefficient (Wildman–Crippen LogP) is 3.08. The molecule has 6 rings (SSSR count). The molecule has 0 radical (unpaired) electrons. The van der Waals surface area contributed by atoms with Crippen molar-refractivity contribution in [2.24, 2.45) is 23.2 Å². The maximum atomic E-state index is 13.6. The summed E-state index contributed by atoms with van der Waals surface area (Å²) < 4.78 is 0. The van der Waals surface area contributed by atoms with Crippen LogP contribution < -0.4 is 10.2 Å². The molecule has 28 heavy (non-hydrogen) atoms.